The van der Waals surface area contributed by atoms with Crippen LogP contribution in [0.2, 0.25) is 5.02 Å². The Kier molecular flexibility index (Phi) is 7.58. The van der Waals surface area contributed by atoms with Crippen LogP contribution in [0.1, 0.15) is 23.0 Å². The molecule has 0 aliphatic rings. The fourth-order valence-corrected chi connectivity index (χ4v) is 4.47. The van der Waals surface area contributed by atoms with Crippen LogP contribution in [0, 0.1) is 12.7 Å². The summed E-state index contributed by atoms with van der Waals surface area (Å²) in [5, 5.41) is 2.04. The number of carbonyl (C=O) groups excluding carboxylic acids is 2. The zero-order chi connectivity index (χ0) is 24.3. The van der Waals surface area contributed by atoms with Gasteiger partial charge in [-0.1, -0.05) is 29.4 Å². The number of carbonyl (C=O) groups is 2. The molecule has 176 valence electrons. The van der Waals surface area contributed by atoms with Crippen molar-refractivity contribution in [2.75, 3.05) is 13.2 Å². The van der Waals surface area contributed by atoms with Gasteiger partial charge in [0, 0.05) is 20.9 Å². The van der Waals surface area contributed by atoms with Gasteiger partial charge in [-0.05, 0) is 44.2 Å². The predicted octanol–water partition coefficient (Wildman–Crippen LogP) is 5.75. The lowest BCUT2D eigenvalue weighted by molar-refractivity contribution is -0.138. The average molecular weight is 503 g/mol. The molecule has 0 aliphatic carbocycles. The number of benzene rings is 2. The van der Waals surface area contributed by atoms with Gasteiger partial charge in [0.2, 0.25) is 5.91 Å². The Morgan fingerprint density at radius 1 is 1.21 bits per heavy atom. The molecule has 0 aliphatic heterocycles. The molecule has 1 amide bonds. The second-order valence-electron chi connectivity index (χ2n) is 7.00. The van der Waals surface area contributed by atoms with Crippen LogP contribution in [0.25, 0.3) is 10.9 Å². The number of esters is 1. The van der Waals surface area contributed by atoms with Crippen LogP contribution in [-0.4, -0.2) is 35.8 Å². The summed E-state index contributed by atoms with van der Waals surface area (Å²) >= 11 is 7.15. The Morgan fingerprint density at radius 2 is 1.94 bits per heavy atom. The van der Waals surface area contributed by atoms with E-state index >= 15 is 0 Å². The highest BCUT2D eigenvalue weighted by molar-refractivity contribution is 7.99. The van der Waals surface area contributed by atoms with E-state index in [2.05, 4.69) is 0 Å². The van der Waals surface area contributed by atoms with Crippen molar-refractivity contribution in [1.29, 1.82) is 0 Å². The third-order valence-electron chi connectivity index (χ3n) is 4.67. The monoisotopic (exact) mass is 502 g/mol. The standard InChI is InChI=1S/C22H19ClF4N2O3S/c1-3-32-21(31)13-5-4-6-14(9-13)33-20-12(2)29(10-17(30)28-11-22(25,26)27)19-15(20)7-8-16(23)18(19)24/h4-9H,3,10-11H2,1-2H3,(H,28,30). The number of ether oxygens (including phenoxy) is 1. The molecule has 1 heterocycles. The van der Waals surface area contributed by atoms with E-state index in [0.717, 1.165) is 0 Å². The molecule has 3 aromatic rings. The zero-order valence-corrected chi connectivity index (χ0v) is 19.1. The van der Waals surface area contributed by atoms with Gasteiger partial charge in [-0.2, -0.15) is 13.2 Å². The lowest BCUT2D eigenvalue weighted by Crippen LogP contribution is -2.36. The second kappa shape index (κ2) is 10.0. The summed E-state index contributed by atoms with van der Waals surface area (Å²) < 4.78 is 58.6. The summed E-state index contributed by atoms with van der Waals surface area (Å²) in [6.07, 6.45) is -4.57. The van der Waals surface area contributed by atoms with E-state index in [1.807, 2.05) is 0 Å². The topological polar surface area (TPSA) is 60.3 Å². The molecule has 0 saturated carbocycles. The fourth-order valence-electron chi connectivity index (χ4n) is 3.22. The van der Waals surface area contributed by atoms with Crippen molar-refractivity contribution in [1.82, 2.24) is 9.88 Å². The molecule has 0 radical (unpaired) electrons. The predicted molar refractivity (Wildman–Crippen MR) is 117 cm³/mol. The van der Waals surface area contributed by atoms with Gasteiger partial charge in [0.15, 0.2) is 5.82 Å². The summed E-state index contributed by atoms with van der Waals surface area (Å²) in [6, 6.07) is 9.58. The lowest BCUT2D eigenvalue weighted by Gasteiger charge is -2.12. The molecular formula is C22H19ClF4N2O3S. The second-order valence-corrected chi connectivity index (χ2v) is 8.49. The number of rotatable bonds is 7. The van der Waals surface area contributed by atoms with E-state index in [0.29, 0.717) is 26.4 Å². The molecule has 3 rings (SSSR count). The highest BCUT2D eigenvalue weighted by Crippen LogP contribution is 2.40. The van der Waals surface area contributed by atoms with Gasteiger partial charge in [-0.3, -0.25) is 4.79 Å². The number of alkyl halides is 3. The first-order valence-electron chi connectivity index (χ1n) is 9.77. The smallest absolute Gasteiger partial charge is 0.405 e. The molecule has 0 spiro atoms. The van der Waals surface area contributed by atoms with Crippen molar-refractivity contribution in [3.8, 4) is 0 Å². The zero-order valence-electron chi connectivity index (χ0n) is 17.6. The summed E-state index contributed by atoms with van der Waals surface area (Å²) in [4.78, 5) is 25.4. The molecule has 33 heavy (non-hydrogen) atoms. The third kappa shape index (κ3) is 5.80. The van der Waals surface area contributed by atoms with Crippen molar-refractivity contribution in [2.24, 2.45) is 0 Å². The Morgan fingerprint density at radius 3 is 2.61 bits per heavy atom. The summed E-state index contributed by atoms with van der Waals surface area (Å²) in [5.74, 6) is -2.20. The number of nitrogens with zero attached hydrogens (tertiary/aromatic N) is 1. The first kappa shape index (κ1) is 24.9. The van der Waals surface area contributed by atoms with Crippen LogP contribution in [0.4, 0.5) is 17.6 Å². The van der Waals surface area contributed by atoms with E-state index in [1.54, 1.807) is 49.5 Å². The normalized spacial score (nSPS) is 11.6. The van der Waals surface area contributed by atoms with Gasteiger partial charge in [0.05, 0.1) is 22.7 Å². The van der Waals surface area contributed by atoms with Crippen LogP contribution in [-0.2, 0) is 16.1 Å². The van der Waals surface area contributed by atoms with Gasteiger partial charge < -0.3 is 14.6 Å². The Hall–Kier alpha value is -2.72. The first-order valence-corrected chi connectivity index (χ1v) is 11.0. The molecule has 11 heteroatoms. The van der Waals surface area contributed by atoms with Crippen molar-refractivity contribution in [3.05, 3.63) is 58.5 Å². The first-order chi connectivity index (χ1) is 15.5. The number of aromatic nitrogens is 1. The molecule has 2 aromatic carbocycles. The van der Waals surface area contributed by atoms with Crippen molar-refractivity contribution < 1.29 is 31.9 Å². The summed E-state index contributed by atoms with van der Waals surface area (Å²) in [6.45, 7) is 1.52. The molecule has 0 unspecified atom stereocenters. The molecule has 0 atom stereocenters. The number of hydrogen-bond donors (Lipinski definition) is 1. The third-order valence-corrected chi connectivity index (χ3v) is 6.17. The molecule has 5 nitrogen and oxygen atoms in total. The van der Waals surface area contributed by atoms with E-state index < -0.39 is 37.0 Å². The molecular weight excluding hydrogens is 484 g/mol. The van der Waals surface area contributed by atoms with Crippen molar-refractivity contribution in [3.63, 3.8) is 0 Å². The van der Waals surface area contributed by atoms with Crippen molar-refractivity contribution >= 4 is 46.1 Å². The van der Waals surface area contributed by atoms with Crippen LogP contribution in [0.3, 0.4) is 0 Å². The van der Waals surface area contributed by atoms with Gasteiger partial charge in [-0.15, -0.1) is 0 Å². The number of hydrogen-bond acceptors (Lipinski definition) is 4. The summed E-state index contributed by atoms with van der Waals surface area (Å²) in [5.41, 5.74) is 0.801. The maximum absolute atomic E-state index is 14.9. The van der Waals surface area contributed by atoms with Crippen molar-refractivity contribution in [2.45, 2.75) is 36.4 Å². The quantitative estimate of drug-likeness (QED) is 0.330. The number of fused-ring (bicyclic) bond motifs is 1. The minimum absolute atomic E-state index is 0.00575. The average Bonchev–Trinajstić information content (AvgIpc) is 3.01. The van der Waals surface area contributed by atoms with Crippen LogP contribution in [0.5, 0.6) is 0 Å². The van der Waals surface area contributed by atoms with Gasteiger partial charge in [0.1, 0.15) is 13.1 Å². The molecule has 0 fully saturated rings. The largest absolute Gasteiger partial charge is 0.462 e. The Labute approximate surface area is 196 Å². The highest BCUT2D eigenvalue weighted by Gasteiger charge is 2.28. The van der Waals surface area contributed by atoms with Gasteiger partial charge in [-0.25, -0.2) is 9.18 Å². The van der Waals surface area contributed by atoms with E-state index in [1.165, 1.54) is 22.4 Å². The molecule has 0 saturated heterocycles. The SMILES string of the molecule is CCOC(=O)c1cccc(Sc2c(C)n(CC(=O)NCC(F)(F)F)c3c(F)c(Cl)ccc23)c1. The summed E-state index contributed by atoms with van der Waals surface area (Å²) in [7, 11) is 0. The number of amides is 1. The van der Waals surface area contributed by atoms with Crippen LogP contribution < -0.4 is 5.32 Å². The van der Waals surface area contributed by atoms with Crippen LogP contribution >= 0.6 is 23.4 Å². The molecule has 0 bridgehead atoms. The maximum atomic E-state index is 14.9. The van der Waals surface area contributed by atoms with Crippen LogP contribution in [0.15, 0.2) is 46.2 Å². The lowest BCUT2D eigenvalue weighted by atomic mass is 10.2. The van der Waals surface area contributed by atoms with Gasteiger partial charge >= 0.3 is 12.1 Å². The number of halogens is 5. The molecule has 1 aromatic heterocycles. The van der Waals surface area contributed by atoms with Gasteiger partial charge in [0.25, 0.3) is 0 Å². The van der Waals surface area contributed by atoms with E-state index in [-0.39, 0.29) is 17.1 Å². The Bertz CT molecular complexity index is 1210. The minimum Gasteiger partial charge on any atom is -0.462 e. The van der Waals surface area contributed by atoms with E-state index in [9.17, 15) is 27.2 Å². The van der Waals surface area contributed by atoms with E-state index in [4.69, 9.17) is 16.3 Å². The highest BCUT2D eigenvalue weighted by atomic mass is 35.5. The number of nitrogens with one attached hydrogen (secondary N) is 1. The molecule has 1 N–H and O–H groups in total. The maximum Gasteiger partial charge on any atom is 0.405 e. The fraction of sp³-hybridized carbons (Fsp3) is 0.273. The minimum atomic E-state index is -4.57. The Balaban J connectivity index is 2.01.